The first-order chi connectivity index (χ1) is 10.3. The third-order valence-electron chi connectivity index (χ3n) is 3.53. The fraction of sp³-hybridized carbons (Fsp3) is 0.538. The molecule has 3 rings (SSSR count). The van der Waals surface area contributed by atoms with Crippen molar-refractivity contribution in [2.24, 2.45) is 0 Å². The molecule has 0 amide bonds. The average Bonchev–Trinajstić information content (AvgIpc) is 2.43. The largest absolute Gasteiger partial charge is 0.507 e. The molecule has 9 heteroatoms. The molecule has 2 aliphatic heterocycles. The van der Waals surface area contributed by atoms with E-state index in [2.05, 4.69) is 35.6 Å². The highest BCUT2D eigenvalue weighted by Gasteiger charge is 2.66. The summed E-state index contributed by atoms with van der Waals surface area (Å²) >= 11 is 3.26. The van der Waals surface area contributed by atoms with Crippen LogP contribution in [0, 0.1) is 0 Å². The van der Waals surface area contributed by atoms with Gasteiger partial charge in [0.2, 0.25) is 0 Å². The van der Waals surface area contributed by atoms with Crippen LogP contribution in [0.1, 0.15) is 5.56 Å². The van der Waals surface area contributed by atoms with E-state index in [0.717, 1.165) is 26.2 Å². The first-order valence-corrected chi connectivity index (χ1v) is 7.47. The molecule has 4 nitrogen and oxygen atoms in total. The Morgan fingerprint density at radius 1 is 1.05 bits per heavy atom. The van der Waals surface area contributed by atoms with Gasteiger partial charge in [0.1, 0.15) is 0 Å². The van der Waals surface area contributed by atoms with Crippen LogP contribution in [0.25, 0.3) is 0 Å². The number of fused-ring (bicyclic) bond motifs is 1. The third kappa shape index (κ3) is 2.89. The Labute approximate surface area is 132 Å². The zero-order chi connectivity index (χ0) is 16.0. The number of rotatable bonds is 2. The third-order valence-corrected chi connectivity index (χ3v) is 4.27. The van der Waals surface area contributed by atoms with Gasteiger partial charge >= 0.3 is 12.2 Å². The van der Waals surface area contributed by atoms with Crippen molar-refractivity contribution in [2.45, 2.75) is 18.8 Å². The van der Waals surface area contributed by atoms with Crippen molar-refractivity contribution in [3.05, 3.63) is 22.2 Å². The predicted octanol–water partition coefficient (Wildman–Crippen LogP) is 2.81. The Bertz CT molecular complexity index is 579. The molecular weight excluding hydrogens is 372 g/mol. The molecule has 2 aliphatic rings. The SMILES string of the molecule is FC1(F)Oc2cc(Br)c(CN3CCNCC3)cc2OC1(F)F. The summed E-state index contributed by atoms with van der Waals surface area (Å²) in [6.07, 6.45) is -9.39. The molecule has 0 unspecified atom stereocenters. The first kappa shape index (κ1) is 15.8. The van der Waals surface area contributed by atoms with E-state index in [1.807, 2.05) is 0 Å². The fourth-order valence-electron chi connectivity index (χ4n) is 2.36. The Morgan fingerprint density at radius 3 is 2.18 bits per heavy atom. The van der Waals surface area contributed by atoms with Gasteiger partial charge in [0, 0.05) is 37.2 Å². The molecule has 0 spiro atoms. The lowest BCUT2D eigenvalue weighted by molar-refractivity contribution is -0.391. The number of ether oxygens (including phenoxy) is 2. The summed E-state index contributed by atoms with van der Waals surface area (Å²) in [5.74, 6) is -0.795. The van der Waals surface area contributed by atoms with Gasteiger partial charge in [-0.15, -0.1) is 0 Å². The molecule has 2 heterocycles. The Hall–Kier alpha value is -1.06. The lowest BCUT2D eigenvalue weighted by Gasteiger charge is -2.33. The van der Waals surface area contributed by atoms with E-state index in [4.69, 9.17) is 0 Å². The minimum absolute atomic E-state index is 0.385. The fourth-order valence-corrected chi connectivity index (χ4v) is 2.81. The highest BCUT2D eigenvalue weighted by atomic mass is 79.9. The minimum atomic E-state index is -4.69. The van der Waals surface area contributed by atoms with Gasteiger partial charge in [-0.3, -0.25) is 4.90 Å². The van der Waals surface area contributed by atoms with Gasteiger partial charge in [0.25, 0.3) is 0 Å². The number of hydrogen-bond donors (Lipinski definition) is 1. The molecule has 0 atom stereocenters. The number of nitrogens with one attached hydrogen (secondary N) is 1. The number of nitrogens with zero attached hydrogens (tertiary/aromatic N) is 1. The lowest BCUT2D eigenvalue weighted by atomic mass is 10.1. The molecule has 22 heavy (non-hydrogen) atoms. The van der Waals surface area contributed by atoms with E-state index in [9.17, 15) is 17.6 Å². The van der Waals surface area contributed by atoms with Gasteiger partial charge in [-0.25, -0.2) is 0 Å². The second-order valence-electron chi connectivity index (χ2n) is 5.15. The molecule has 1 fully saturated rings. The Kier molecular flexibility index (Phi) is 3.98. The molecular formula is C13H13BrF4N2O2. The summed E-state index contributed by atoms with van der Waals surface area (Å²) in [4.78, 5) is 2.12. The predicted molar refractivity (Wildman–Crippen MR) is 73.4 cm³/mol. The van der Waals surface area contributed by atoms with Crippen molar-refractivity contribution in [3.8, 4) is 11.5 Å². The molecule has 1 aromatic carbocycles. The monoisotopic (exact) mass is 384 g/mol. The van der Waals surface area contributed by atoms with Gasteiger partial charge < -0.3 is 14.8 Å². The van der Waals surface area contributed by atoms with E-state index < -0.39 is 18.0 Å². The summed E-state index contributed by atoms with van der Waals surface area (Å²) < 4.78 is 61.5. The second-order valence-corrected chi connectivity index (χ2v) is 6.01. The Balaban J connectivity index is 1.86. The molecule has 0 aliphatic carbocycles. The number of halogens is 5. The molecule has 0 saturated carbocycles. The van der Waals surface area contributed by atoms with Crippen LogP contribution in [0.2, 0.25) is 0 Å². The molecule has 0 radical (unpaired) electrons. The molecule has 1 saturated heterocycles. The highest BCUT2D eigenvalue weighted by Crippen LogP contribution is 2.48. The average molecular weight is 385 g/mol. The molecule has 0 aromatic heterocycles. The zero-order valence-electron chi connectivity index (χ0n) is 11.3. The number of hydrogen-bond acceptors (Lipinski definition) is 4. The van der Waals surface area contributed by atoms with Gasteiger partial charge in [-0.05, 0) is 17.7 Å². The number of benzene rings is 1. The van der Waals surface area contributed by atoms with Crippen LogP contribution in [-0.2, 0) is 6.54 Å². The normalized spacial score (nSPS) is 23.3. The maximum atomic E-state index is 13.2. The highest BCUT2D eigenvalue weighted by molar-refractivity contribution is 9.10. The van der Waals surface area contributed by atoms with Crippen LogP contribution >= 0.6 is 15.9 Å². The summed E-state index contributed by atoms with van der Waals surface area (Å²) in [7, 11) is 0. The molecule has 1 aromatic rings. The first-order valence-electron chi connectivity index (χ1n) is 6.68. The summed E-state index contributed by atoms with van der Waals surface area (Å²) in [6, 6.07) is 2.54. The van der Waals surface area contributed by atoms with E-state index in [0.29, 0.717) is 16.6 Å². The van der Waals surface area contributed by atoms with E-state index in [-0.39, 0.29) is 5.75 Å². The zero-order valence-corrected chi connectivity index (χ0v) is 12.9. The van der Waals surface area contributed by atoms with Crippen LogP contribution < -0.4 is 14.8 Å². The standard InChI is InChI=1S/C13H13BrF4N2O2/c14-9-6-11-10(21-12(15,16)13(17,18)22-11)5-8(9)7-20-3-1-19-2-4-20/h5-6,19H,1-4,7H2. The Morgan fingerprint density at radius 2 is 1.59 bits per heavy atom. The van der Waals surface area contributed by atoms with Crippen LogP contribution in [0.15, 0.2) is 16.6 Å². The van der Waals surface area contributed by atoms with Crippen molar-refractivity contribution in [1.82, 2.24) is 10.2 Å². The summed E-state index contributed by atoms with van der Waals surface area (Å²) in [5, 5.41) is 3.20. The van der Waals surface area contributed by atoms with Gasteiger partial charge in [0.15, 0.2) is 11.5 Å². The lowest BCUT2D eigenvalue weighted by Crippen LogP contribution is -2.52. The molecule has 0 bridgehead atoms. The number of piperazine rings is 1. The molecule has 122 valence electrons. The van der Waals surface area contributed by atoms with Crippen molar-refractivity contribution in [1.29, 1.82) is 0 Å². The number of alkyl halides is 4. The maximum Gasteiger partial charge on any atom is 0.507 e. The van der Waals surface area contributed by atoms with E-state index >= 15 is 0 Å². The van der Waals surface area contributed by atoms with Gasteiger partial charge in [-0.1, -0.05) is 15.9 Å². The van der Waals surface area contributed by atoms with Gasteiger partial charge in [-0.2, -0.15) is 17.6 Å². The maximum absolute atomic E-state index is 13.2. The topological polar surface area (TPSA) is 33.7 Å². The van der Waals surface area contributed by atoms with Crippen molar-refractivity contribution < 1.29 is 27.0 Å². The van der Waals surface area contributed by atoms with Crippen molar-refractivity contribution in [3.63, 3.8) is 0 Å². The second kappa shape index (κ2) is 5.54. The van der Waals surface area contributed by atoms with E-state index in [1.165, 1.54) is 12.1 Å². The minimum Gasteiger partial charge on any atom is -0.421 e. The van der Waals surface area contributed by atoms with Crippen LogP contribution in [0.3, 0.4) is 0 Å². The van der Waals surface area contributed by atoms with Crippen LogP contribution in [-0.4, -0.2) is 43.3 Å². The van der Waals surface area contributed by atoms with Crippen LogP contribution in [0.5, 0.6) is 11.5 Å². The van der Waals surface area contributed by atoms with Gasteiger partial charge in [0.05, 0.1) is 0 Å². The van der Waals surface area contributed by atoms with E-state index in [1.54, 1.807) is 0 Å². The van der Waals surface area contributed by atoms with Crippen molar-refractivity contribution >= 4 is 15.9 Å². The van der Waals surface area contributed by atoms with Crippen molar-refractivity contribution in [2.75, 3.05) is 26.2 Å². The molecule has 1 N–H and O–H groups in total. The quantitative estimate of drug-likeness (QED) is 0.795. The summed E-state index contributed by atoms with van der Waals surface area (Å²) in [6.45, 7) is 3.81. The summed E-state index contributed by atoms with van der Waals surface area (Å²) in [5.41, 5.74) is 0.672. The van der Waals surface area contributed by atoms with Crippen LogP contribution in [0.4, 0.5) is 17.6 Å². The smallest absolute Gasteiger partial charge is 0.421 e.